The molecular weight excluding hydrogens is 174 g/mol. The van der Waals surface area contributed by atoms with Gasteiger partial charge in [-0.25, -0.2) is 0 Å². The van der Waals surface area contributed by atoms with Gasteiger partial charge in [0.15, 0.2) is 0 Å². The number of carbonyl (C=O) groups is 1. The number of carbonyl (C=O) groups excluding carboxylic acids is 1. The third-order valence-corrected chi connectivity index (χ3v) is 3.02. The molecule has 1 aliphatic rings. The average Bonchev–Trinajstić information content (AvgIpc) is 2.18. The van der Waals surface area contributed by atoms with E-state index in [1.807, 2.05) is 6.92 Å². The van der Waals surface area contributed by atoms with Gasteiger partial charge in [-0.3, -0.25) is 4.79 Å². The van der Waals surface area contributed by atoms with Gasteiger partial charge >= 0.3 is 0 Å². The van der Waals surface area contributed by atoms with Crippen molar-refractivity contribution in [2.45, 2.75) is 52.0 Å². The number of nitrogens with one attached hydrogen (secondary N) is 1. The highest BCUT2D eigenvalue weighted by Crippen LogP contribution is 2.26. The smallest absolute Gasteiger partial charge is 0.243 e. The summed E-state index contributed by atoms with van der Waals surface area (Å²) in [5.41, 5.74) is 0. The summed E-state index contributed by atoms with van der Waals surface area (Å²) in [6, 6.07) is 0.414. The second kappa shape index (κ2) is 5.84. The fourth-order valence-electron chi connectivity index (χ4n) is 2.19. The minimum Gasteiger partial charge on any atom is -0.350 e. The van der Waals surface area contributed by atoms with Crippen molar-refractivity contribution in [2.75, 3.05) is 0 Å². The molecule has 0 bridgehead atoms. The summed E-state index contributed by atoms with van der Waals surface area (Å²) in [6.45, 7) is 4.11. The Hall–Kier alpha value is -0.790. The minimum absolute atomic E-state index is 0.0641. The summed E-state index contributed by atoms with van der Waals surface area (Å²) in [7, 11) is 0. The second-order valence-electron chi connectivity index (χ2n) is 4.15. The Balaban J connectivity index is 2.33. The highest BCUT2D eigenvalue weighted by molar-refractivity contribution is 5.87. The van der Waals surface area contributed by atoms with Gasteiger partial charge in [-0.2, -0.15) is 0 Å². The molecule has 2 atom stereocenters. The molecule has 2 heteroatoms. The molecule has 2 unspecified atom stereocenters. The van der Waals surface area contributed by atoms with E-state index in [4.69, 9.17) is 0 Å². The first kappa shape index (κ1) is 11.3. The first-order valence-corrected chi connectivity index (χ1v) is 5.69. The molecule has 14 heavy (non-hydrogen) atoms. The Labute approximate surface area is 86.8 Å². The Kier molecular flexibility index (Phi) is 4.71. The van der Waals surface area contributed by atoms with Crippen LogP contribution in [-0.2, 0) is 4.79 Å². The predicted molar refractivity (Wildman–Crippen MR) is 59.0 cm³/mol. The van der Waals surface area contributed by atoms with E-state index in [-0.39, 0.29) is 5.91 Å². The van der Waals surface area contributed by atoms with Gasteiger partial charge in [-0.05, 0) is 31.8 Å². The predicted octanol–water partition coefficient (Wildman–Crippen LogP) is 2.65. The van der Waals surface area contributed by atoms with E-state index in [1.165, 1.54) is 25.7 Å². The number of hydrogen-bond acceptors (Lipinski definition) is 1. The zero-order chi connectivity index (χ0) is 10.4. The molecule has 2 nitrogen and oxygen atoms in total. The maximum absolute atomic E-state index is 11.3. The van der Waals surface area contributed by atoms with E-state index in [0.29, 0.717) is 6.04 Å². The van der Waals surface area contributed by atoms with Crippen LogP contribution in [0, 0.1) is 5.92 Å². The molecular formula is C12H21NO. The molecule has 0 aromatic heterocycles. The van der Waals surface area contributed by atoms with Gasteiger partial charge in [0.1, 0.15) is 0 Å². The monoisotopic (exact) mass is 195 g/mol. The normalized spacial score (nSPS) is 27.9. The number of allylic oxidation sites excluding steroid dienone is 1. The molecule has 1 amide bonds. The summed E-state index contributed by atoms with van der Waals surface area (Å²) in [6.07, 6.45) is 9.56. The van der Waals surface area contributed by atoms with E-state index in [0.717, 1.165) is 12.3 Å². The first-order valence-electron chi connectivity index (χ1n) is 5.69. The molecule has 0 spiro atoms. The van der Waals surface area contributed by atoms with Crippen molar-refractivity contribution >= 4 is 5.91 Å². The van der Waals surface area contributed by atoms with Gasteiger partial charge in [-0.15, -0.1) is 0 Å². The van der Waals surface area contributed by atoms with Crippen LogP contribution in [0.1, 0.15) is 46.0 Å². The van der Waals surface area contributed by atoms with Crippen molar-refractivity contribution in [2.24, 2.45) is 5.92 Å². The first-order chi connectivity index (χ1) is 6.76. The summed E-state index contributed by atoms with van der Waals surface area (Å²) in [5.74, 6) is 0.883. The van der Waals surface area contributed by atoms with Crippen molar-refractivity contribution in [3.63, 3.8) is 0 Å². The van der Waals surface area contributed by atoms with E-state index in [9.17, 15) is 4.79 Å². The fraction of sp³-hybridized carbons (Fsp3) is 0.750. The summed E-state index contributed by atoms with van der Waals surface area (Å²) in [5, 5.41) is 3.06. The van der Waals surface area contributed by atoms with Gasteiger partial charge in [0.25, 0.3) is 0 Å². The van der Waals surface area contributed by atoms with Gasteiger partial charge in [-0.1, -0.05) is 32.3 Å². The average molecular weight is 195 g/mol. The lowest BCUT2D eigenvalue weighted by molar-refractivity contribution is -0.117. The van der Waals surface area contributed by atoms with Crippen molar-refractivity contribution in [1.82, 2.24) is 5.32 Å². The standard InChI is InChI=1S/C12H21NO/c1-3-6-12(14)13-11-8-5-7-10(4-2)9-11/h3,6,10-11H,4-5,7-9H2,1-2H3,(H,13,14). The number of hydrogen-bond donors (Lipinski definition) is 1. The summed E-state index contributed by atoms with van der Waals surface area (Å²) >= 11 is 0. The Morgan fingerprint density at radius 3 is 2.93 bits per heavy atom. The van der Waals surface area contributed by atoms with E-state index in [1.54, 1.807) is 12.2 Å². The van der Waals surface area contributed by atoms with Crippen LogP contribution in [-0.4, -0.2) is 11.9 Å². The van der Waals surface area contributed by atoms with Crippen LogP contribution < -0.4 is 5.32 Å². The molecule has 1 fully saturated rings. The van der Waals surface area contributed by atoms with Crippen LogP contribution in [0.25, 0.3) is 0 Å². The fourth-order valence-corrected chi connectivity index (χ4v) is 2.19. The molecule has 1 saturated carbocycles. The molecule has 1 N–H and O–H groups in total. The lowest BCUT2D eigenvalue weighted by atomic mass is 9.84. The van der Waals surface area contributed by atoms with E-state index >= 15 is 0 Å². The van der Waals surface area contributed by atoms with Crippen LogP contribution >= 0.6 is 0 Å². The lowest BCUT2D eigenvalue weighted by Gasteiger charge is -2.28. The number of rotatable bonds is 3. The van der Waals surface area contributed by atoms with Crippen LogP contribution in [0.15, 0.2) is 12.2 Å². The molecule has 0 aromatic rings. The van der Waals surface area contributed by atoms with E-state index < -0.39 is 0 Å². The van der Waals surface area contributed by atoms with E-state index in [2.05, 4.69) is 12.2 Å². The van der Waals surface area contributed by atoms with Crippen LogP contribution in [0.5, 0.6) is 0 Å². The molecule has 1 aliphatic carbocycles. The zero-order valence-corrected chi connectivity index (χ0v) is 9.25. The van der Waals surface area contributed by atoms with Crippen LogP contribution in [0.4, 0.5) is 0 Å². The highest BCUT2D eigenvalue weighted by Gasteiger charge is 2.21. The highest BCUT2D eigenvalue weighted by atomic mass is 16.1. The van der Waals surface area contributed by atoms with Crippen LogP contribution in [0.2, 0.25) is 0 Å². The van der Waals surface area contributed by atoms with Crippen molar-refractivity contribution in [1.29, 1.82) is 0 Å². The van der Waals surface area contributed by atoms with Gasteiger partial charge < -0.3 is 5.32 Å². The Morgan fingerprint density at radius 2 is 2.29 bits per heavy atom. The van der Waals surface area contributed by atoms with Gasteiger partial charge in [0.2, 0.25) is 5.91 Å². The third-order valence-electron chi connectivity index (χ3n) is 3.02. The largest absolute Gasteiger partial charge is 0.350 e. The van der Waals surface area contributed by atoms with Crippen molar-refractivity contribution < 1.29 is 4.79 Å². The van der Waals surface area contributed by atoms with Crippen molar-refractivity contribution in [3.8, 4) is 0 Å². The number of amides is 1. The molecule has 0 aliphatic heterocycles. The third kappa shape index (κ3) is 3.52. The molecule has 0 heterocycles. The molecule has 1 rings (SSSR count). The summed E-state index contributed by atoms with van der Waals surface area (Å²) < 4.78 is 0. The molecule has 0 radical (unpaired) electrons. The molecule has 80 valence electrons. The maximum atomic E-state index is 11.3. The van der Waals surface area contributed by atoms with Crippen molar-refractivity contribution in [3.05, 3.63) is 12.2 Å². The second-order valence-corrected chi connectivity index (χ2v) is 4.15. The van der Waals surface area contributed by atoms with Gasteiger partial charge in [0.05, 0.1) is 0 Å². The Bertz CT molecular complexity index is 210. The van der Waals surface area contributed by atoms with Crippen LogP contribution in [0.3, 0.4) is 0 Å². The zero-order valence-electron chi connectivity index (χ0n) is 9.25. The maximum Gasteiger partial charge on any atom is 0.243 e. The molecule has 0 saturated heterocycles. The quantitative estimate of drug-likeness (QED) is 0.689. The topological polar surface area (TPSA) is 29.1 Å². The SMILES string of the molecule is CC=CC(=O)NC1CCCC(CC)C1. The lowest BCUT2D eigenvalue weighted by Crippen LogP contribution is -2.37. The molecule has 0 aromatic carbocycles. The minimum atomic E-state index is 0.0641. The Morgan fingerprint density at radius 1 is 1.50 bits per heavy atom. The summed E-state index contributed by atoms with van der Waals surface area (Å²) in [4.78, 5) is 11.3. The van der Waals surface area contributed by atoms with Gasteiger partial charge in [0, 0.05) is 6.04 Å².